The van der Waals surface area contributed by atoms with E-state index in [0.29, 0.717) is 11.8 Å². The molecule has 1 aromatic heterocycles. The number of aryl methyl sites for hydroxylation is 1. The van der Waals surface area contributed by atoms with Crippen LogP contribution in [0.5, 0.6) is 0 Å². The van der Waals surface area contributed by atoms with Crippen LogP contribution in [-0.2, 0) is 19.6 Å². The minimum absolute atomic E-state index is 0.00727. The van der Waals surface area contributed by atoms with E-state index < -0.39 is 39.0 Å². The van der Waals surface area contributed by atoms with Crippen molar-refractivity contribution in [2.24, 2.45) is 16.6 Å². The first-order chi connectivity index (χ1) is 17.9. The standard InChI is InChI=1S/C23H31N7O7S/c1-14-8-10-29(18(12-14)22(32)33)21(31)17(6-4-9-25-23(24)27-30(34)35)28-38(36,37)19-7-3-5-16-11-15(2)13-26-20(16)19/h3,5,7,11,13-14,17-18,28H,4,6,8-10,12H2,1-2H3,(H4-,24,25,27,32,33,34,35)/p+1/t14-,17+,18-/m1/s1. The molecule has 1 aromatic carbocycles. The molecule has 0 bridgehead atoms. The Balaban J connectivity index is 1.89. The average molecular weight is 551 g/mol. The number of fused-ring (bicyclic) bond motifs is 1. The average Bonchev–Trinajstić information content (AvgIpc) is 2.84. The summed E-state index contributed by atoms with van der Waals surface area (Å²) in [7, 11) is -4.26. The summed E-state index contributed by atoms with van der Waals surface area (Å²) in [4.78, 5) is 45.3. The van der Waals surface area contributed by atoms with Gasteiger partial charge in [-0.2, -0.15) is 4.72 Å². The molecule has 3 atom stereocenters. The fourth-order valence-electron chi connectivity index (χ4n) is 4.41. The van der Waals surface area contributed by atoms with Gasteiger partial charge in [0.05, 0.1) is 5.52 Å². The number of sulfonamides is 1. The SMILES string of the molecule is Cc1cnc2c(S(=O)(=O)N[C@@H](CCCN=C(N)N[N+](=O)O)C(=O)N3CC[C@@H](C)C[C@@H]3C(=O)O)cccc2c1. The van der Waals surface area contributed by atoms with Gasteiger partial charge in [0, 0.05) is 24.7 Å². The second kappa shape index (κ2) is 12.1. The highest BCUT2D eigenvalue weighted by molar-refractivity contribution is 7.89. The molecular formula is C23H32N7O7S+. The third kappa shape index (κ3) is 7.13. The first-order valence-electron chi connectivity index (χ1n) is 12.0. The molecule has 15 heteroatoms. The number of aliphatic carboxylic acids is 1. The van der Waals surface area contributed by atoms with Crippen LogP contribution in [0.3, 0.4) is 0 Å². The number of benzene rings is 1. The van der Waals surface area contributed by atoms with Crippen LogP contribution in [0.25, 0.3) is 10.9 Å². The summed E-state index contributed by atoms with van der Waals surface area (Å²) in [5.41, 5.74) is 8.35. The number of pyridine rings is 1. The van der Waals surface area contributed by atoms with Crippen LogP contribution in [0, 0.1) is 17.7 Å². The van der Waals surface area contributed by atoms with Gasteiger partial charge in [0.2, 0.25) is 15.9 Å². The number of aliphatic imine (C=N–C) groups is 1. The van der Waals surface area contributed by atoms with Crippen molar-refractivity contribution in [2.75, 3.05) is 13.1 Å². The summed E-state index contributed by atoms with van der Waals surface area (Å²) in [5.74, 6) is -2.10. The summed E-state index contributed by atoms with van der Waals surface area (Å²) >= 11 is 0. The molecule has 0 radical (unpaired) electrons. The number of piperidine rings is 1. The first-order valence-corrected chi connectivity index (χ1v) is 13.5. The normalized spacial score (nSPS) is 19.2. The summed E-state index contributed by atoms with van der Waals surface area (Å²) in [5, 5.41) is 18.3. The molecule has 3 rings (SSSR count). The Bertz CT molecular complexity index is 1350. The minimum Gasteiger partial charge on any atom is -0.480 e. The maximum atomic E-state index is 13.6. The summed E-state index contributed by atoms with van der Waals surface area (Å²) in [6.07, 6.45) is 2.50. The van der Waals surface area contributed by atoms with Gasteiger partial charge in [-0.25, -0.2) is 23.4 Å². The van der Waals surface area contributed by atoms with Crippen molar-refractivity contribution in [2.45, 2.75) is 56.5 Å². The topological polar surface area (TPSA) is 207 Å². The number of likely N-dealkylation sites (tertiary alicyclic amines) is 1. The molecule has 6 N–H and O–H groups in total. The lowest BCUT2D eigenvalue weighted by atomic mass is 9.91. The van der Waals surface area contributed by atoms with Gasteiger partial charge in [-0.1, -0.05) is 19.1 Å². The number of nitrogens with two attached hydrogens (primary N) is 1. The Hall–Kier alpha value is -3.85. The maximum Gasteiger partial charge on any atom is 0.362 e. The van der Waals surface area contributed by atoms with Crippen molar-refractivity contribution < 1.29 is 33.4 Å². The fraction of sp³-hybridized carbons (Fsp3) is 0.478. The van der Waals surface area contributed by atoms with E-state index in [0.717, 1.165) is 5.56 Å². The van der Waals surface area contributed by atoms with Crippen LogP contribution >= 0.6 is 0 Å². The van der Waals surface area contributed by atoms with Crippen LogP contribution in [-0.4, -0.2) is 76.7 Å². The molecule has 0 saturated carbocycles. The number of hydrazine groups is 1. The summed E-state index contributed by atoms with van der Waals surface area (Å²) in [6.45, 7) is 3.90. The highest BCUT2D eigenvalue weighted by atomic mass is 32.2. The van der Waals surface area contributed by atoms with Gasteiger partial charge in [-0.15, -0.1) is 0 Å². The quantitative estimate of drug-likeness (QED) is 0.121. The molecule has 38 heavy (non-hydrogen) atoms. The molecule has 2 aromatic rings. The second-order valence-electron chi connectivity index (χ2n) is 9.32. The van der Waals surface area contributed by atoms with Crippen molar-refractivity contribution in [1.29, 1.82) is 0 Å². The van der Waals surface area contributed by atoms with Crippen LogP contribution in [0.2, 0.25) is 0 Å². The molecule has 0 spiro atoms. The van der Waals surface area contributed by atoms with Crippen molar-refractivity contribution in [3.8, 4) is 0 Å². The lowest BCUT2D eigenvalue weighted by molar-refractivity contribution is -0.822. The number of nitrogens with zero attached hydrogens (tertiary/aromatic N) is 4. The molecular weight excluding hydrogens is 518 g/mol. The number of carboxylic acids is 1. The van der Waals surface area contributed by atoms with Crippen LogP contribution in [0.15, 0.2) is 40.4 Å². The van der Waals surface area contributed by atoms with E-state index in [9.17, 15) is 28.0 Å². The Morgan fingerprint density at radius 1 is 1.37 bits per heavy atom. The van der Waals surface area contributed by atoms with Gasteiger partial charge in [-0.3, -0.25) is 9.78 Å². The van der Waals surface area contributed by atoms with Gasteiger partial charge < -0.3 is 15.7 Å². The van der Waals surface area contributed by atoms with Crippen LogP contribution in [0.4, 0.5) is 0 Å². The van der Waals surface area contributed by atoms with Crippen LogP contribution in [0.1, 0.15) is 38.2 Å². The van der Waals surface area contributed by atoms with E-state index in [1.807, 2.05) is 19.3 Å². The maximum absolute atomic E-state index is 13.6. The molecule has 1 aliphatic heterocycles. The molecule has 206 valence electrons. The van der Waals surface area contributed by atoms with Gasteiger partial charge >= 0.3 is 11.0 Å². The van der Waals surface area contributed by atoms with E-state index in [1.165, 1.54) is 11.0 Å². The number of amides is 1. The molecule has 1 aliphatic rings. The number of aromatic nitrogens is 1. The number of nitrogens with one attached hydrogen (secondary N) is 2. The zero-order chi connectivity index (χ0) is 28.0. The Morgan fingerprint density at radius 2 is 2.11 bits per heavy atom. The van der Waals surface area contributed by atoms with Gasteiger partial charge in [0.1, 0.15) is 21.9 Å². The number of hydrogen-bond donors (Lipinski definition) is 5. The minimum atomic E-state index is -4.26. The second-order valence-corrected chi connectivity index (χ2v) is 11.0. The lowest BCUT2D eigenvalue weighted by Crippen LogP contribution is -2.56. The fourth-order valence-corrected chi connectivity index (χ4v) is 5.81. The third-order valence-corrected chi connectivity index (χ3v) is 7.78. The monoisotopic (exact) mass is 550 g/mol. The smallest absolute Gasteiger partial charge is 0.362 e. The van der Waals surface area contributed by atoms with Gasteiger partial charge in [-0.05, 0) is 61.6 Å². The largest absolute Gasteiger partial charge is 0.480 e. The van der Waals surface area contributed by atoms with E-state index in [1.54, 1.807) is 24.4 Å². The van der Waals surface area contributed by atoms with Gasteiger partial charge in [0.25, 0.3) is 5.96 Å². The Kier molecular flexibility index (Phi) is 9.17. The molecule has 1 fully saturated rings. The number of guanidine groups is 1. The number of hydrogen-bond acceptors (Lipinski definition) is 7. The van der Waals surface area contributed by atoms with Crippen molar-refractivity contribution in [3.05, 3.63) is 40.9 Å². The number of para-hydroxylation sites is 1. The van der Waals surface area contributed by atoms with E-state index in [2.05, 4.69) is 14.7 Å². The number of carboxylic acid groups (broad SMARTS) is 1. The first kappa shape index (κ1) is 28.7. The number of rotatable bonds is 10. The van der Waals surface area contributed by atoms with Gasteiger partial charge in [0.15, 0.2) is 0 Å². The van der Waals surface area contributed by atoms with Crippen LogP contribution < -0.4 is 15.9 Å². The Morgan fingerprint density at radius 3 is 2.79 bits per heavy atom. The van der Waals surface area contributed by atoms with E-state index in [4.69, 9.17) is 10.9 Å². The Labute approximate surface area is 219 Å². The van der Waals surface area contributed by atoms with Crippen molar-refractivity contribution in [3.63, 3.8) is 0 Å². The molecule has 0 unspecified atom stereocenters. The highest BCUT2D eigenvalue weighted by Crippen LogP contribution is 2.26. The third-order valence-electron chi connectivity index (χ3n) is 6.27. The molecule has 1 amide bonds. The summed E-state index contributed by atoms with van der Waals surface area (Å²) < 4.78 is 29.4. The molecule has 1 saturated heterocycles. The van der Waals surface area contributed by atoms with Crippen molar-refractivity contribution >= 4 is 38.8 Å². The predicted octanol–water partition coefficient (Wildman–Crippen LogP) is 0.669. The zero-order valence-corrected chi connectivity index (χ0v) is 21.9. The highest BCUT2D eigenvalue weighted by Gasteiger charge is 2.39. The zero-order valence-electron chi connectivity index (χ0n) is 21.1. The van der Waals surface area contributed by atoms with Crippen molar-refractivity contribution in [1.82, 2.24) is 20.0 Å². The molecule has 14 nitrogen and oxygen atoms in total. The molecule has 0 aliphatic carbocycles. The van der Waals surface area contributed by atoms with E-state index >= 15 is 0 Å². The predicted molar refractivity (Wildman–Crippen MR) is 136 cm³/mol. The number of carbonyl (C=O) groups is 2. The number of carbonyl (C=O) groups excluding carboxylic acids is 1. The summed E-state index contributed by atoms with van der Waals surface area (Å²) in [6, 6.07) is 4.11. The van der Waals surface area contributed by atoms with E-state index in [-0.39, 0.29) is 54.6 Å². The molecule has 2 heterocycles. The lowest BCUT2D eigenvalue weighted by Gasteiger charge is -2.38.